The third-order valence-electron chi connectivity index (χ3n) is 2.48. The molecule has 0 bridgehead atoms. The molecule has 0 spiro atoms. The van der Waals surface area contributed by atoms with Crippen molar-refractivity contribution in [2.24, 2.45) is 5.73 Å². The second-order valence-corrected chi connectivity index (χ2v) is 5.72. The molecule has 0 saturated heterocycles. The van der Waals surface area contributed by atoms with E-state index in [1.807, 2.05) is 24.3 Å². The molecule has 0 unspecified atom stereocenters. The Morgan fingerprint density at radius 2 is 1.89 bits per heavy atom. The molecule has 1 aromatic carbocycles. The van der Waals surface area contributed by atoms with E-state index in [4.69, 9.17) is 17.3 Å². The van der Waals surface area contributed by atoms with Crippen LogP contribution >= 0.6 is 23.4 Å². The van der Waals surface area contributed by atoms with E-state index in [1.54, 1.807) is 19.1 Å². The van der Waals surface area contributed by atoms with Gasteiger partial charge in [0.05, 0.1) is 10.9 Å². The molecule has 0 radical (unpaired) electrons. The number of thioether (sulfide) groups is 1. The van der Waals surface area contributed by atoms with Crippen molar-refractivity contribution in [3.63, 3.8) is 0 Å². The maximum absolute atomic E-state index is 11.0. The van der Waals surface area contributed by atoms with Crippen molar-refractivity contribution < 1.29 is 4.79 Å². The van der Waals surface area contributed by atoms with E-state index in [0.29, 0.717) is 10.0 Å². The van der Waals surface area contributed by atoms with E-state index < -0.39 is 0 Å². The minimum Gasteiger partial charge on any atom is -0.369 e. The van der Waals surface area contributed by atoms with Gasteiger partial charge in [0, 0.05) is 10.6 Å². The first-order valence-corrected chi connectivity index (χ1v) is 6.87. The molecule has 1 atom stereocenters. The summed E-state index contributed by atoms with van der Waals surface area (Å²) < 4.78 is 0. The van der Waals surface area contributed by atoms with Gasteiger partial charge in [0.2, 0.25) is 5.91 Å². The molecule has 1 aromatic heterocycles. The van der Waals surface area contributed by atoms with Crippen molar-refractivity contribution in [2.45, 2.75) is 17.2 Å². The smallest absolute Gasteiger partial charge is 0.230 e. The molecule has 4 nitrogen and oxygen atoms in total. The summed E-state index contributed by atoms with van der Waals surface area (Å²) in [5.41, 5.74) is 6.90. The summed E-state index contributed by atoms with van der Waals surface area (Å²) in [7, 11) is 0. The standard InChI is InChI=1S/C13H12ClN3OS/c1-8(13(15)18)19-12-7-6-11(16-17-12)9-2-4-10(14)5-3-9/h2-8H,1H3,(H2,15,18)/t8-/m0/s1. The van der Waals surface area contributed by atoms with Crippen LogP contribution in [0.25, 0.3) is 11.3 Å². The molecular formula is C13H12ClN3OS. The van der Waals surface area contributed by atoms with Crippen LogP contribution in [-0.4, -0.2) is 21.4 Å². The average Bonchev–Trinajstić information content (AvgIpc) is 2.40. The Kier molecular flexibility index (Phi) is 4.39. The highest BCUT2D eigenvalue weighted by molar-refractivity contribution is 8.00. The molecule has 1 amide bonds. The van der Waals surface area contributed by atoms with Crippen molar-refractivity contribution in [1.29, 1.82) is 0 Å². The van der Waals surface area contributed by atoms with Gasteiger partial charge < -0.3 is 5.73 Å². The summed E-state index contributed by atoms with van der Waals surface area (Å²) in [6, 6.07) is 11.0. The van der Waals surface area contributed by atoms with Gasteiger partial charge in [0.25, 0.3) is 0 Å². The monoisotopic (exact) mass is 293 g/mol. The Morgan fingerprint density at radius 3 is 2.42 bits per heavy atom. The molecule has 1 heterocycles. The normalized spacial score (nSPS) is 12.1. The van der Waals surface area contributed by atoms with Gasteiger partial charge in [-0.25, -0.2) is 0 Å². The van der Waals surface area contributed by atoms with Crippen molar-refractivity contribution in [2.75, 3.05) is 0 Å². The molecule has 2 rings (SSSR count). The van der Waals surface area contributed by atoms with Crippen LogP contribution in [0.1, 0.15) is 6.92 Å². The van der Waals surface area contributed by atoms with E-state index in [1.165, 1.54) is 11.8 Å². The van der Waals surface area contributed by atoms with E-state index in [2.05, 4.69) is 10.2 Å². The van der Waals surface area contributed by atoms with Crippen LogP contribution < -0.4 is 5.73 Å². The highest BCUT2D eigenvalue weighted by atomic mass is 35.5. The van der Waals surface area contributed by atoms with Gasteiger partial charge in [-0.05, 0) is 31.2 Å². The maximum Gasteiger partial charge on any atom is 0.230 e. The number of halogens is 1. The first kappa shape index (κ1) is 13.8. The zero-order valence-corrected chi connectivity index (χ0v) is 11.8. The van der Waals surface area contributed by atoms with Crippen molar-refractivity contribution >= 4 is 29.3 Å². The molecule has 19 heavy (non-hydrogen) atoms. The Hall–Kier alpha value is -1.59. The SMILES string of the molecule is C[C@H](Sc1ccc(-c2ccc(Cl)cc2)nn1)C(N)=O. The summed E-state index contributed by atoms with van der Waals surface area (Å²) in [5.74, 6) is -0.367. The van der Waals surface area contributed by atoms with Gasteiger partial charge in [0.1, 0.15) is 5.03 Å². The van der Waals surface area contributed by atoms with Gasteiger partial charge >= 0.3 is 0 Å². The molecule has 0 saturated carbocycles. The maximum atomic E-state index is 11.0. The van der Waals surface area contributed by atoms with Crippen LogP contribution in [0.3, 0.4) is 0 Å². The Bertz CT molecular complexity index is 571. The van der Waals surface area contributed by atoms with E-state index >= 15 is 0 Å². The van der Waals surface area contributed by atoms with Crippen LogP contribution in [0.4, 0.5) is 0 Å². The van der Waals surface area contributed by atoms with Crippen molar-refractivity contribution in [3.8, 4) is 11.3 Å². The number of primary amides is 1. The lowest BCUT2D eigenvalue weighted by Gasteiger charge is -2.06. The minimum atomic E-state index is -0.367. The molecule has 98 valence electrons. The summed E-state index contributed by atoms with van der Waals surface area (Å²) in [6.07, 6.45) is 0. The Morgan fingerprint density at radius 1 is 1.21 bits per heavy atom. The van der Waals surface area contributed by atoms with Crippen LogP contribution in [0.5, 0.6) is 0 Å². The van der Waals surface area contributed by atoms with Gasteiger partial charge in [-0.3, -0.25) is 4.79 Å². The number of carbonyl (C=O) groups is 1. The van der Waals surface area contributed by atoms with E-state index in [-0.39, 0.29) is 11.2 Å². The largest absolute Gasteiger partial charge is 0.369 e. The fourth-order valence-corrected chi connectivity index (χ4v) is 2.24. The molecular weight excluding hydrogens is 282 g/mol. The van der Waals surface area contributed by atoms with Crippen LogP contribution in [0.15, 0.2) is 41.4 Å². The average molecular weight is 294 g/mol. The van der Waals surface area contributed by atoms with E-state index in [9.17, 15) is 4.79 Å². The summed E-state index contributed by atoms with van der Waals surface area (Å²) in [5, 5.41) is 9.22. The number of carbonyl (C=O) groups excluding carboxylic acids is 1. The topological polar surface area (TPSA) is 68.9 Å². The number of hydrogen-bond acceptors (Lipinski definition) is 4. The van der Waals surface area contributed by atoms with Crippen LogP contribution in [0.2, 0.25) is 5.02 Å². The molecule has 0 aliphatic heterocycles. The number of nitrogens with zero attached hydrogens (tertiary/aromatic N) is 2. The van der Waals surface area contributed by atoms with E-state index in [0.717, 1.165) is 11.3 Å². The molecule has 6 heteroatoms. The molecule has 2 N–H and O–H groups in total. The molecule has 0 aliphatic carbocycles. The number of aromatic nitrogens is 2. The number of nitrogens with two attached hydrogens (primary N) is 1. The lowest BCUT2D eigenvalue weighted by molar-refractivity contribution is -0.117. The van der Waals surface area contributed by atoms with Gasteiger partial charge in [-0.1, -0.05) is 35.5 Å². The lowest BCUT2D eigenvalue weighted by atomic mass is 10.1. The van der Waals surface area contributed by atoms with Crippen LogP contribution in [0, 0.1) is 0 Å². The number of amides is 1. The predicted molar refractivity (Wildman–Crippen MR) is 77.0 cm³/mol. The highest BCUT2D eigenvalue weighted by Gasteiger charge is 2.11. The zero-order valence-electron chi connectivity index (χ0n) is 10.2. The highest BCUT2D eigenvalue weighted by Crippen LogP contribution is 2.23. The van der Waals surface area contributed by atoms with Gasteiger partial charge in [-0.15, -0.1) is 10.2 Å². The molecule has 2 aromatic rings. The third kappa shape index (κ3) is 3.68. The lowest BCUT2D eigenvalue weighted by Crippen LogP contribution is -2.22. The first-order chi connectivity index (χ1) is 9.06. The summed E-state index contributed by atoms with van der Waals surface area (Å²) >= 11 is 7.12. The number of rotatable bonds is 4. The fourth-order valence-electron chi connectivity index (χ4n) is 1.40. The first-order valence-electron chi connectivity index (χ1n) is 5.62. The second-order valence-electron chi connectivity index (χ2n) is 3.93. The summed E-state index contributed by atoms with van der Waals surface area (Å²) in [4.78, 5) is 11.0. The minimum absolute atomic E-state index is 0.323. The zero-order chi connectivity index (χ0) is 13.8. The van der Waals surface area contributed by atoms with Gasteiger partial charge in [0.15, 0.2) is 0 Å². The summed E-state index contributed by atoms with van der Waals surface area (Å²) in [6.45, 7) is 1.74. The number of benzene rings is 1. The Labute approximate surface area is 120 Å². The van der Waals surface area contributed by atoms with Crippen molar-refractivity contribution in [3.05, 3.63) is 41.4 Å². The third-order valence-corrected chi connectivity index (χ3v) is 3.78. The van der Waals surface area contributed by atoms with Gasteiger partial charge in [-0.2, -0.15) is 0 Å². The van der Waals surface area contributed by atoms with Crippen LogP contribution in [-0.2, 0) is 4.79 Å². The predicted octanol–water partition coefficient (Wildman–Crippen LogP) is 2.76. The second kappa shape index (κ2) is 6.04. The quantitative estimate of drug-likeness (QED) is 0.880. The molecule has 0 aliphatic rings. The number of hydrogen-bond donors (Lipinski definition) is 1. The van der Waals surface area contributed by atoms with Crippen molar-refractivity contribution in [1.82, 2.24) is 10.2 Å². The molecule has 0 fully saturated rings. The Balaban J connectivity index is 2.14. The fraction of sp³-hybridized carbons (Fsp3) is 0.154.